The first-order valence-corrected chi connectivity index (χ1v) is 10.1. The van der Waals surface area contributed by atoms with E-state index in [-0.39, 0.29) is 6.04 Å². The Morgan fingerprint density at radius 3 is 3.07 bits per heavy atom. The van der Waals surface area contributed by atoms with E-state index in [9.17, 15) is 0 Å². The van der Waals surface area contributed by atoms with Crippen molar-refractivity contribution in [3.05, 3.63) is 53.7 Å². The minimum absolute atomic E-state index is 0.253. The number of benzene rings is 1. The average molecular weight is 393 g/mol. The van der Waals surface area contributed by atoms with Crippen molar-refractivity contribution in [1.82, 2.24) is 30.4 Å². The van der Waals surface area contributed by atoms with Crippen LogP contribution in [0.1, 0.15) is 30.6 Å². The van der Waals surface area contributed by atoms with Crippen LogP contribution in [0.2, 0.25) is 0 Å². The highest BCUT2D eigenvalue weighted by molar-refractivity contribution is 5.83. The Morgan fingerprint density at radius 2 is 2.21 bits per heavy atom. The summed E-state index contributed by atoms with van der Waals surface area (Å²) in [6.07, 6.45) is 3.71. The number of pyridine rings is 1. The van der Waals surface area contributed by atoms with Gasteiger partial charge >= 0.3 is 0 Å². The second kappa shape index (κ2) is 9.00. The zero-order valence-electron chi connectivity index (χ0n) is 16.9. The normalized spacial score (nSPS) is 16.6. The molecule has 8 nitrogen and oxygen atoms in total. The predicted octanol–water partition coefficient (Wildman–Crippen LogP) is 2.04. The van der Waals surface area contributed by atoms with Gasteiger partial charge in [0, 0.05) is 37.7 Å². The number of fused-ring (bicyclic) bond motifs is 2. The minimum atomic E-state index is 0.253. The standard InChI is InChI=1S/C21H27N7O/c1-3-22-21(24-12-16-7-4-6-15-8-5-11-23-20(15)16)25-17-9-10-19-26-18(14-29-2)27-28(19)13-17/h4-8,11,17H,3,9-10,12-14H2,1-2H3,(H2,22,24,25). The molecule has 152 valence electrons. The van der Waals surface area contributed by atoms with E-state index in [1.165, 1.54) is 0 Å². The zero-order valence-corrected chi connectivity index (χ0v) is 16.9. The van der Waals surface area contributed by atoms with Crippen LogP contribution < -0.4 is 10.6 Å². The zero-order chi connectivity index (χ0) is 20.1. The highest BCUT2D eigenvalue weighted by Gasteiger charge is 2.22. The lowest BCUT2D eigenvalue weighted by atomic mass is 10.1. The number of para-hydroxylation sites is 1. The van der Waals surface area contributed by atoms with E-state index in [1.54, 1.807) is 7.11 Å². The van der Waals surface area contributed by atoms with E-state index in [1.807, 2.05) is 16.9 Å². The fourth-order valence-electron chi connectivity index (χ4n) is 3.64. The molecular formula is C21H27N7O. The number of rotatable bonds is 6. The van der Waals surface area contributed by atoms with E-state index in [0.717, 1.165) is 60.0 Å². The Labute approximate surface area is 170 Å². The van der Waals surface area contributed by atoms with Crippen molar-refractivity contribution in [2.45, 2.75) is 45.5 Å². The Bertz CT molecular complexity index is 992. The lowest BCUT2D eigenvalue weighted by Gasteiger charge is -2.25. The summed E-state index contributed by atoms with van der Waals surface area (Å²) in [5, 5.41) is 12.6. The number of hydrogen-bond acceptors (Lipinski definition) is 5. The average Bonchev–Trinajstić information content (AvgIpc) is 3.14. The predicted molar refractivity (Wildman–Crippen MR) is 113 cm³/mol. The quantitative estimate of drug-likeness (QED) is 0.492. The van der Waals surface area contributed by atoms with Gasteiger partial charge in [-0.3, -0.25) is 4.98 Å². The second-order valence-corrected chi connectivity index (χ2v) is 7.13. The molecule has 1 atom stereocenters. The van der Waals surface area contributed by atoms with Gasteiger partial charge in [-0.05, 0) is 25.0 Å². The van der Waals surface area contributed by atoms with Crippen molar-refractivity contribution < 1.29 is 4.74 Å². The number of nitrogens with zero attached hydrogens (tertiary/aromatic N) is 5. The van der Waals surface area contributed by atoms with Gasteiger partial charge in [-0.25, -0.2) is 14.7 Å². The molecule has 0 saturated heterocycles. The third-order valence-electron chi connectivity index (χ3n) is 4.98. The van der Waals surface area contributed by atoms with Crippen LogP contribution in [-0.2, 0) is 30.9 Å². The number of aliphatic imine (C=N–C) groups is 1. The molecule has 0 saturated carbocycles. The third kappa shape index (κ3) is 4.54. The second-order valence-electron chi connectivity index (χ2n) is 7.13. The van der Waals surface area contributed by atoms with Crippen molar-refractivity contribution >= 4 is 16.9 Å². The van der Waals surface area contributed by atoms with Crippen molar-refractivity contribution in [3.63, 3.8) is 0 Å². The Hall–Kier alpha value is -3.00. The number of methoxy groups -OCH3 is 1. The van der Waals surface area contributed by atoms with E-state index < -0.39 is 0 Å². The summed E-state index contributed by atoms with van der Waals surface area (Å²) in [7, 11) is 1.66. The summed E-state index contributed by atoms with van der Waals surface area (Å²) in [4.78, 5) is 13.9. The maximum atomic E-state index is 5.15. The first-order chi connectivity index (χ1) is 14.3. The molecule has 1 aliphatic heterocycles. The number of guanidine groups is 1. The molecule has 0 amide bonds. The first kappa shape index (κ1) is 19.3. The van der Waals surface area contributed by atoms with Crippen molar-refractivity contribution in [2.24, 2.45) is 4.99 Å². The topological polar surface area (TPSA) is 89.2 Å². The largest absolute Gasteiger partial charge is 0.377 e. The fraction of sp³-hybridized carbons (Fsp3) is 0.429. The molecule has 8 heteroatoms. The molecule has 0 fully saturated rings. The molecule has 0 bridgehead atoms. The Balaban J connectivity index is 1.46. The fourth-order valence-corrected chi connectivity index (χ4v) is 3.64. The Morgan fingerprint density at radius 1 is 1.31 bits per heavy atom. The van der Waals surface area contributed by atoms with Crippen LogP contribution in [0.15, 0.2) is 41.5 Å². The Kier molecular flexibility index (Phi) is 6.00. The molecule has 3 heterocycles. The maximum Gasteiger partial charge on any atom is 0.191 e. The van der Waals surface area contributed by atoms with Gasteiger partial charge in [0.05, 0.1) is 18.6 Å². The number of nitrogens with one attached hydrogen (secondary N) is 2. The summed E-state index contributed by atoms with van der Waals surface area (Å²) in [6.45, 7) is 4.67. The highest BCUT2D eigenvalue weighted by Crippen LogP contribution is 2.17. The van der Waals surface area contributed by atoms with Crippen LogP contribution in [0.4, 0.5) is 0 Å². The highest BCUT2D eigenvalue weighted by atomic mass is 16.5. The maximum absolute atomic E-state index is 5.15. The summed E-state index contributed by atoms with van der Waals surface area (Å²) in [5.41, 5.74) is 2.12. The molecule has 1 aliphatic rings. The molecular weight excluding hydrogens is 366 g/mol. The lowest BCUT2D eigenvalue weighted by molar-refractivity contribution is 0.177. The SMILES string of the molecule is CCNC(=NCc1cccc2cccnc12)NC1CCc2nc(COC)nn2C1. The van der Waals surface area contributed by atoms with Gasteiger partial charge in [0.2, 0.25) is 0 Å². The smallest absolute Gasteiger partial charge is 0.191 e. The third-order valence-corrected chi connectivity index (χ3v) is 4.98. The van der Waals surface area contributed by atoms with Gasteiger partial charge in [0.25, 0.3) is 0 Å². The molecule has 4 rings (SSSR count). The minimum Gasteiger partial charge on any atom is -0.377 e. The van der Waals surface area contributed by atoms with Gasteiger partial charge in [-0.1, -0.05) is 24.3 Å². The van der Waals surface area contributed by atoms with E-state index in [4.69, 9.17) is 9.73 Å². The molecule has 3 aromatic rings. The van der Waals surface area contributed by atoms with Crippen LogP contribution in [-0.4, -0.2) is 45.4 Å². The molecule has 2 N–H and O–H groups in total. The molecule has 0 spiro atoms. The van der Waals surface area contributed by atoms with Gasteiger partial charge in [-0.15, -0.1) is 0 Å². The van der Waals surface area contributed by atoms with Crippen molar-refractivity contribution in [1.29, 1.82) is 0 Å². The number of aromatic nitrogens is 4. The molecule has 0 radical (unpaired) electrons. The van der Waals surface area contributed by atoms with Crippen molar-refractivity contribution in [2.75, 3.05) is 13.7 Å². The van der Waals surface area contributed by atoms with Crippen LogP contribution in [0.3, 0.4) is 0 Å². The number of hydrogen-bond donors (Lipinski definition) is 2. The van der Waals surface area contributed by atoms with E-state index in [0.29, 0.717) is 13.2 Å². The molecule has 0 aliphatic carbocycles. The summed E-state index contributed by atoms with van der Waals surface area (Å²) in [6, 6.07) is 10.5. The summed E-state index contributed by atoms with van der Waals surface area (Å²) < 4.78 is 7.13. The monoisotopic (exact) mass is 393 g/mol. The summed E-state index contributed by atoms with van der Waals surface area (Å²) >= 11 is 0. The van der Waals surface area contributed by atoms with Gasteiger partial charge in [-0.2, -0.15) is 5.10 Å². The lowest BCUT2D eigenvalue weighted by Crippen LogP contribution is -2.47. The first-order valence-electron chi connectivity index (χ1n) is 10.1. The summed E-state index contributed by atoms with van der Waals surface area (Å²) in [5.74, 6) is 2.58. The van der Waals surface area contributed by atoms with E-state index >= 15 is 0 Å². The molecule has 29 heavy (non-hydrogen) atoms. The number of aryl methyl sites for hydroxylation is 1. The van der Waals surface area contributed by atoms with Gasteiger partial charge < -0.3 is 15.4 Å². The van der Waals surface area contributed by atoms with Crippen molar-refractivity contribution in [3.8, 4) is 0 Å². The number of ether oxygens (including phenoxy) is 1. The molecule has 1 unspecified atom stereocenters. The molecule has 1 aromatic carbocycles. The van der Waals surface area contributed by atoms with Crippen LogP contribution >= 0.6 is 0 Å². The van der Waals surface area contributed by atoms with Crippen LogP contribution in [0, 0.1) is 0 Å². The van der Waals surface area contributed by atoms with Crippen LogP contribution in [0.25, 0.3) is 10.9 Å². The van der Waals surface area contributed by atoms with Gasteiger partial charge in [0.15, 0.2) is 11.8 Å². The van der Waals surface area contributed by atoms with Gasteiger partial charge in [0.1, 0.15) is 12.4 Å². The van der Waals surface area contributed by atoms with E-state index in [2.05, 4.69) is 56.9 Å². The molecule has 2 aromatic heterocycles. The van der Waals surface area contributed by atoms with Crippen LogP contribution in [0.5, 0.6) is 0 Å².